The first-order chi connectivity index (χ1) is 18.6. The molecule has 0 bridgehead atoms. The molecule has 3 amide bonds. The van der Waals surface area contributed by atoms with Crippen LogP contribution in [0.15, 0.2) is 48.5 Å². The van der Waals surface area contributed by atoms with Gasteiger partial charge in [0.1, 0.15) is 11.6 Å². The van der Waals surface area contributed by atoms with E-state index < -0.39 is 5.60 Å². The summed E-state index contributed by atoms with van der Waals surface area (Å²) in [6, 6.07) is 16.9. The molecule has 0 saturated carbocycles. The number of carbonyl (C=O) groups excluding carboxylic acids is 3. The summed E-state index contributed by atoms with van der Waals surface area (Å²) in [4.78, 5) is 37.6. The minimum Gasteiger partial charge on any atom is -0.444 e. The number of benzene rings is 2. The van der Waals surface area contributed by atoms with Crippen molar-refractivity contribution in [2.24, 2.45) is 0 Å². The standard InChI is InChI=1S/C31H42N4O4/c1-31(2,3)39-30(38)32-18-4-5-22-6-8-23(9-7-22)21-35-19-16-25(17-20-35)24-10-12-26(13-11-24)33-27-14-15-28(36)34-29(27)37/h6-13,25,27,33H,4-5,14-21H2,1-3H3,(H,32,38)(H,34,36,37). The fraction of sp³-hybridized carbons (Fsp3) is 0.516. The fourth-order valence-corrected chi connectivity index (χ4v) is 5.18. The van der Waals surface area contributed by atoms with E-state index in [1.54, 1.807) is 0 Å². The van der Waals surface area contributed by atoms with E-state index in [9.17, 15) is 14.4 Å². The number of nitrogens with one attached hydrogen (secondary N) is 3. The molecule has 2 aliphatic heterocycles. The first-order valence-corrected chi connectivity index (χ1v) is 14.1. The van der Waals surface area contributed by atoms with Gasteiger partial charge in [-0.1, -0.05) is 36.4 Å². The van der Waals surface area contributed by atoms with Crippen LogP contribution in [0.25, 0.3) is 0 Å². The number of anilines is 1. The Morgan fingerprint density at radius 1 is 0.974 bits per heavy atom. The molecule has 1 unspecified atom stereocenters. The number of amides is 3. The number of piperidine rings is 2. The van der Waals surface area contributed by atoms with Gasteiger partial charge in [-0.2, -0.15) is 0 Å². The molecule has 39 heavy (non-hydrogen) atoms. The predicted octanol–water partition coefficient (Wildman–Crippen LogP) is 4.74. The summed E-state index contributed by atoms with van der Waals surface area (Å²) in [5, 5.41) is 8.46. The summed E-state index contributed by atoms with van der Waals surface area (Å²) >= 11 is 0. The maximum atomic E-state index is 12.0. The molecule has 4 rings (SSSR count). The highest BCUT2D eigenvalue weighted by Crippen LogP contribution is 2.30. The summed E-state index contributed by atoms with van der Waals surface area (Å²) in [5.41, 5.74) is 4.38. The van der Waals surface area contributed by atoms with Crippen molar-refractivity contribution in [3.8, 4) is 0 Å². The fourth-order valence-electron chi connectivity index (χ4n) is 5.18. The van der Waals surface area contributed by atoms with Crippen LogP contribution in [0.5, 0.6) is 0 Å². The van der Waals surface area contributed by atoms with Gasteiger partial charge >= 0.3 is 6.09 Å². The lowest BCUT2D eigenvalue weighted by atomic mass is 9.89. The van der Waals surface area contributed by atoms with Gasteiger partial charge in [-0.25, -0.2) is 4.79 Å². The Hall–Kier alpha value is -3.39. The number of hydrogen-bond acceptors (Lipinski definition) is 6. The molecule has 2 aromatic rings. The second-order valence-electron chi connectivity index (χ2n) is 11.7. The topological polar surface area (TPSA) is 99.8 Å². The van der Waals surface area contributed by atoms with Crippen molar-refractivity contribution in [1.29, 1.82) is 0 Å². The summed E-state index contributed by atoms with van der Waals surface area (Å²) in [7, 11) is 0. The largest absolute Gasteiger partial charge is 0.444 e. The third-order valence-electron chi connectivity index (χ3n) is 7.29. The van der Waals surface area contributed by atoms with E-state index in [1.165, 1.54) is 16.7 Å². The zero-order valence-corrected chi connectivity index (χ0v) is 23.4. The zero-order chi connectivity index (χ0) is 27.8. The van der Waals surface area contributed by atoms with E-state index in [0.717, 1.165) is 51.0 Å². The Labute approximate surface area is 231 Å². The summed E-state index contributed by atoms with van der Waals surface area (Å²) in [6.45, 7) is 9.29. The molecule has 2 aromatic carbocycles. The number of nitrogens with zero attached hydrogens (tertiary/aromatic N) is 1. The number of carbonyl (C=O) groups is 3. The Morgan fingerprint density at radius 2 is 1.64 bits per heavy atom. The van der Waals surface area contributed by atoms with Crippen LogP contribution in [0.1, 0.15) is 75.5 Å². The van der Waals surface area contributed by atoms with Crippen molar-refractivity contribution >= 4 is 23.6 Å². The highest BCUT2D eigenvalue weighted by atomic mass is 16.6. The molecule has 2 saturated heterocycles. The molecule has 0 aromatic heterocycles. The molecule has 0 radical (unpaired) electrons. The van der Waals surface area contributed by atoms with Gasteiger partial charge in [0.15, 0.2) is 0 Å². The van der Waals surface area contributed by atoms with Gasteiger partial charge in [0, 0.05) is 25.2 Å². The minimum absolute atomic E-state index is 0.196. The van der Waals surface area contributed by atoms with Gasteiger partial charge in [-0.05, 0) is 101 Å². The van der Waals surface area contributed by atoms with Crippen LogP contribution in [0.2, 0.25) is 0 Å². The maximum absolute atomic E-state index is 12.0. The maximum Gasteiger partial charge on any atom is 0.407 e. The van der Waals surface area contributed by atoms with Crippen molar-refractivity contribution in [2.45, 2.75) is 83.4 Å². The third-order valence-corrected chi connectivity index (χ3v) is 7.29. The van der Waals surface area contributed by atoms with Crippen molar-refractivity contribution < 1.29 is 19.1 Å². The van der Waals surface area contributed by atoms with E-state index in [-0.39, 0.29) is 23.9 Å². The molecule has 2 fully saturated rings. The predicted molar refractivity (Wildman–Crippen MR) is 152 cm³/mol. The molecule has 0 aliphatic carbocycles. The second-order valence-corrected chi connectivity index (χ2v) is 11.7. The Balaban J connectivity index is 1.15. The Morgan fingerprint density at radius 3 is 2.28 bits per heavy atom. The van der Waals surface area contributed by atoms with Crippen LogP contribution in [0.4, 0.5) is 10.5 Å². The van der Waals surface area contributed by atoms with Crippen LogP contribution in [-0.2, 0) is 27.3 Å². The van der Waals surface area contributed by atoms with Gasteiger partial charge in [0.25, 0.3) is 0 Å². The quantitative estimate of drug-likeness (QED) is 0.317. The van der Waals surface area contributed by atoms with Crippen LogP contribution in [0, 0.1) is 0 Å². The average molecular weight is 535 g/mol. The lowest BCUT2D eigenvalue weighted by molar-refractivity contribution is -0.133. The van der Waals surface area contributed by atoms with Crippen molar-refractivity contribution in [3.63, 3.8) is 0 Å². The van der Waals surface area contributed by atoms with Crippen molar-refractivity contribution in [1.82, 2.24) is 15.5 Å². The van der Waals surface area contributed by atoms with Gasteiger partial charge in [0.2, 0.25) is 11.8 Å². The Bertz CT molecular complexity index is 1120. The third kappa shape index (κ3) is 9.10. The second kappa shape index (κ2) is 13.1. The molecule has 2 aliphatic rings. The van der Waals surface area contributed by atoms with E-state index >= 15 is 0 Å². The van der Waals surface area contributed by atoms with E-state index in [0.29, 0.717) is 25.3 Å². The van der Waals surface area contributed by atoms with Crippen LogP contribution >= 0.6 is 0 Å². The summed E-state index contributed by atoms with van der Waals surface area (Å²) in [5.74, 6) is 0.103. The molecule has 8 heteroatoms. The number of alkyl carbamates (subject to hydrolysis) is 1. The number of hydrogen-bond donors (Lipinski definition) is 3. The summed E-state index contributed by atoms with van der Waals surface area (Å²) in [6.07, 6.45) is 4.59. The molecule has 0 spiro atoms. The first-order valence-electron chi connectivity index (χ1n) is 14.1. The molecular formula is C31H42N4O4. The Kier molecular flexibility index (Phi) is 9.62. The normalized spacial score (nSPS) is 18.9. The van der Waals surface area contributed by atoms with E-state index in [4.69, 9.17) is 4.74 Å². The molecule has 3 N–H and O–H groups in total. The van der Waals surface area contributed by atoms with E-state index in [1.807, 2.05) is 32.9 Å². The number of likely N-dealkylation sites (tertiary alicyclic amines) is 1. The van der Waals surface area contributed by atoms with Crippen LogP contribution < -0.4 is 16.0 Å². The molecule has 210 valence electrons. The molecule has 2 heterocycles. The SMILES string of the molecule is CC(C)(C)OC(=O)NCCCc1ccc(CN2CCC(c3ccc(NC4CCC(=O)NC4=O)cc3)CC2)cc1. The smallest absolute Gasteiger partial charge is 0.407 e. The minimum atomic E-state index is -0.473. The number of ether oxygens (including phenoxy) is 1. The van der Waals surface area contributed by atoms with Gasteiger partial charge in [0.05, 0.1) is 0 Å². The van der Waals surface area contributed by atoms with Crippen LogP contribution in [0.3, 0.4) is 0 Å². The molecule has 1 atom stereocenters. The number of rotatable bonds is 9. The van der Waals surface area contributed by atoms with Gasteiger partial charge in [-0.15, -0.1) is 0 Å². The number of imide groups is 1. The highest BCUT2D eigenvalue weighted by molar-refractivity contribution is 6.01. The molecular weight excluding hydrogens is 492 g/mol. The first kappa shape index (κ1) is 28.6. The number of aryl methyl sites for hydroxylation is 1. The summed E-state index contributed by atoms with van der Waals surface area (Å²) < 4.78 is 5.27. The van der Waals surface area contributed by atoms with Gasteiger partial charge in [-0.3, -0.25) is 19.8 Å². The highest BCUT2D eigenvalue weighted by Gasteiger charge is 2.26. The van der Waals surface area contributed by atoms with Gasteiger partial charge < -0.3 is 15.4 Å². The zero-order valence-electron chi connectivity index (χ0n) is 23.4. The molecule has 8 nitrogen and oxygen atoms in total. The average Bonchev–Trinajstić information content (AvgIpc) is 2.89. The van der Waals surface area contributed by atoms with Crippen molar-refractivity contribution in [3.05, 3.63) is 65.2 Å². The lowest BCUT2D eigenvalue weighted by Gasteiger charge is -2.32. The van der Waals surface area contributed by atoms with E-state index in [2.05, 4.69) is 57.2 Å². The van der Waals surface area contributed by atoms with Crippen molar-refractivity contribution in [2.75, 3.05) is 25.0 Å². The monoisotopic (exact) mass is 534 g/mol. The lowest BCUT2D eigenvalue weighted by Crippen LogP contribution is -2.47. The van der Waals surface area contributed by atoms with Crippen LogP contribution in [-0.4, -0.2) is 54.1 Å².